The third-order valence-electron chi connectivity index (χ3n) is 4.13. The van der Waals surface area contributed by atoms with E-state index in [0.29, 0.717) is 27.1 Å². The van der Waals surface area contributed by atoms with Gasteiger partial charge in [0.2, 0.25) is 11.8 Å². The molecule has 0 saturated carbocycles. The molecule has 4 aromatic rings. The average molecular weight is 442 g/mol. The molecule has 0 unspecified atom stereocenters. The van der Waals surface area contributed by atoms with Crippen molar-refractivity contribution in [2.75, 3.05) is 5.32 Å². The number of thiophene rings is 1. The first-order chi connectivity index (χ1) is 14.4. The third kappa shape index (κ3) is 4.10. The first kappa shape index (κ1) is 19.8. The maximum Gasteiger partial charge on any atom is 0.267 e. The van der Waals surface area contributed by atoms with E-state index in [0.717, 1.165) is 11.3 Å². The fourth-order valence-electron chi connectivity index (χ4n) is 2.72. The number of hydrogen-bond donors (Lipinski definition) is 2. The van der Waals surface area contributed by atoms with E-state index >= 15 is 0 Å². The number of primary amides is 1. The number of nitrogens with zero attached hydrogens (tertiary/aromatic N) is 1. The fourth-order valence-corrected chi connectivity index (χ4v) is 4.16. The van der Waals surface area contributed by atoms with Crippen molar-refractivity contribution in [2.45, 2.75) is 0 Å². The Morgan fingerprint density at radius 2 is 1.97 bits per heavy atom. The van der Waals surface area contributed by atoms with Gasteiger partial charge < -0.3 is 15.8 Å². The number of aromatic nitrogens is 1. The number of nitrogens with two attached hydrogens (primary N) is 1. The lowest BCUT2D eigenvalue weighted by Crippen LogP contribution is -2.11. The second-order valence-corrected chi connectivity index (χ2v) is 7.65. The minimum Gasteiger partial charge on any atom is -0.439 e. The Morgan fingerprint density at radius 3 is 2.70 bits per heavy atom. The summed E-state index contributed by atoms with van der Waals surface area (Å²) in [5, 5.41) is 3.60. The first-order valence-corrected chi connectivity index (χ1v) is 9.83. The number of carbonyl (C=O) groups is 2. The maximum atomic E-state index is 13.4. The van der Waals surface area contributed by atoms with Crippen LogP contribution < -0.4 is 15.8 Å². The molecule has 0 bridgehead atoms. The maximum absolute atomic E-state index is 13.4. The molecule has 6 nitrogen and oxygen atoms in total. The Kier molecular flexibility index (Phi) is 5.35. The van der Waals surface area contributed by atoms with Crippen LogP contribution in [0.4, 0.5) is 10.1 Å². The standard InChI is InChI=1S/C21H13ClFN3O3S/c22-18-15-6-4-12(23)9-16(15)30-19(18)21(28)26-13-5-7-17(25-10-13)29-14-3-1-2-11(8-14)20(24)27/h1-10H,(H2,24,27)(H,26,28). The van der Waals surface area contributed by atoms with E-state index in [9.17, 15) is 14.0 Å². The summed E-state index contributed by atoms with van der Waals surface area (Å²) in [6, 6.07) is 13.7. The van der Waals surface area contributed by atoms with E-state index in [2.05, 4.69) is 10.3 Å². The zero-order valence-electron chi connectivity index (χ0n) is 15.2. The van der Waals surface area contributed by atoms with Crippen LogP contribution in [-0.2, 0) is 0 Å². The molecule has 0 aliphatic heterocycles. The molecule has 2 heterocycles. The summed E-state index contributed by atoms with van der Waals surface area (Å²) in [6.45, 7) is 0. The van der Waals surface area contributed by atoms with Gasteiger partial charge in [0.25, 0.3) is 5.91 Å². The van der Waals surface area contributed by atoms with Crippen LogP contribution in [0.15, 0.2) is 60.8 Å². The number of pyridine rings is 1. The number of carbonyl (C=O) groups excluding carboxylic acids is 2. The second-order valence-electron chi connectivity index (χ2n) is 6.22. The van der Waals surface area contributed by atoms with Crippen LogP contribution in [0, 0.1) is 5.82 Å². The normalized spacial score (nSPS) is 10.7. The molecular formula is C21H13ClFN3O3S. The Morgan fingerprint density at radius 1 is 1.13 bits per heavy atom. The largest absolute Gasteiger partial charge is 0.439 e. The molecule has 0 saturated heterocycles. The number of hydrogen-bond acceptors (Lipinski definition) is 5. The summed E-state index contributed by atoms with van der Waals surface area (Å²) < 4.78 is 19.6. The Bertz CT molecular complexity index is 1270. The van der Waals surface area contributed by atoms with E-state index in [1.165, 1.54) is 24.4 Å². The molecule has 3 N–H and O–H groups in total. The Hall–Kier alpha value is -3.49. The van der Waals surface area contributed by atoms with Crippen molar-refractivity contribution in [1.29, 1.82) is 0 Å². The molecule has 0 aliphatic rings. The predicted molar refractivity (Wildman–Crippen MR) is 114 cm³/mol. The second kappa shape index (κ2) is 8.10. The Balaban J connectivity index is 1.48. The van der Waals surface area contributed by atoms with Crippen molar-refractivity contribution in [3.8, 4) is 11.6 Å². The number of nitrogens with one attached hydrogen (secondary N) is 1. The van der Waals surface area contributed by atoms with Crippen LogP contribution in [-0.4, -0.2) is 16.8 Å². The van der Waals surface area contributed by atoms with E-state index in [1.807, 2.05) is 0 Å². The fraction of sp³-hybridized carbons (Fsp3) is 0. The minimum atomic E-state index is -0.561. The lowest BCUT2D eigenvalue weighted by molar-refractivity contribution is 0.0997. The van der Waals surface area contributed by atoms with Crippen LogP contribution in [0.5, 0.6) is 11.6 Å². The monoisotopic (exact) mass is 441 g/mol. The quantitative estimate of drug-likeness (QED) is 0.443. The number of halogens is 2. The van der Waals surface area contributed by atoms with Gasteiger partial charge in [-0.25, -0.2) is 9.37 Å². The lowest BCUT2D eigenvalue weighted by atomic mass is 10.2. The average Bonchev–Trinajstić information content (AvgIpc) is 3.05. The van der Waals surface area contributed by atoms with E-state index < -0.39 is 17.6 Å². The number of fused-ring (bicyclic) bond motifs is 1. The number of rotatable bonds is 5. The SMILES string of the molecule is NC(=O)c1cccc(Oc2ccc(NC(=O)c3sc4cc(F)ccc4c3Cl)cn2)c1. The smallest absolute Gasteiger partial charge is 0.267 e. The van der Waals surface area contributed by atoms with Crippen LogP contribution in [0.1, 0.15) is 20.0 Å². The van der Waals surface area contributed by atoms with Gasteiger partial charge in [-0.1, -0.05) is 17.7 Å². The zero-order valence-corrected chi connectivity index (χ0v) is 16.8. The highest BCUT2D eigenvalue weighted by molar-refractivity contribution is 7.21. The van der Waals surface area contributed by atoms with Crippen molar-refractivity contribution in [3.05, 3.63) is 82.1 Å². The van der Waals surface area contributed by atoms with E-state index in [-0.39, 0.29) is 15.8 Å². The lowest BCUT2D eigenvalue weighted by Gasteiger charge is -2.07. The molecular weight excluding hydrogens is 429 g/mol. The van der Waals surface area contributed by atoms with E-state index in [1.54, 1.807) is 36.4 Å². The molecule has 2 amide bonds. The van der Waals surface area contributed by atoms with Gasteiger partial charge in [0.1, 0.15) is 16.4 Å². The van der Waals surface area contributed by atoms with Crippen LogP contribution >= 0.6 is 22.9 Å². The highest BCUT2D eigenvalue weighted by atomic mass is 35.5. The van der Waals surface area contributed by atoms with Crippen molar-refractivity contribution in [2.24, 2.45) is 5.73 Å². The zero-order chi connectivity index (χ0) is 21.3. The van der Waals surface area contributed by atoms with Crippen LogP contribution in [0.3, 0.4) is 0 Å². The van der Waals surface area contributed by atoms with Gasteiger partial charge in [-0.3, -0.25) is 9.59 Å². The molecule has 2 aromatic heterocycles. The molecule has 30 heavy (non-hydrogen) atoms. The van der Waals surface area contributed by atoms with Gasteiger partial charge in [-0.2, -0.15) is 0 Å². The summed E-state index contributed by atoms with van der Waals surface area (Å²) in [7, 11) is 0. The molecule has 0 spiro atoms. The highest BCUT2D eigenvalue weighted by Gasteiger charge is 2.18. The van der Waals surface area contributed by atoms with Gasteiger partial charge in [-0.05, 0) is 42.5 Å². The molecule has 150 valence electrons. The Labute approximate surface area is 179 Å². The van der Waals surface area contributed by atoms with E-state index in [4.69, 9.17) is 22.1 Å². The van der Waals surface area contributed by atoms with Crippen LogP contribution in [0.25, 0.3) is 10.1 Å². The van der Waals surface area contributed by atoms with Gasteiger partial charge in [0.15, 0.2) is 0 Å². The summed E-state index contributed by atoms with van der Waals surface area (Å²) >= 11 is 7.39. The van der Waals surface area contributed by atoms with Gasteiger partial charge in [0, 0.05) is 21.7 Å². The van der Waals surface area contributed by atoms with Gasteiger partial charge in [0.05, 0.1) is 16.9 Å². The summed E-state index contributed by atoms with van der Waals surface area (Å²) in [5.41, 5.74) is 6.00. The number of amides is 2. The highest BCUT2D eigenvalue weighted by Crippen LogP contribution is 2.36. The van der Waals surface area contributed by atoms with Crippen molar-refractivity contribution < 1.29 is 18.7 Å². The molecule has 9 heteroatoms. The topological polar surface area (TPSA) is 94.3 Å². The predicted octanol–water partition coefficient (Wildman–Crippen LogP) is 5.23. The van der Waals surface area contributed by atoms with Crippen molar-refractivity contribution in [1.82, 2.24) is 4.98 Å². The number of benzene rings is 2. The van der Waals surface area contributed by atoms with Crippen molar-refractivity contribution in [3.63, 3.8) is 0 Å². The molecule has 0 radical (unpaired) electrons. The minimum absolute atomic E-state index is 0.269. The molecule has 0 fully saturated rings. The molecule has 0 atom stereocenters. The summed E-state index contributed by atoms with van der Waals surface area (Å²) in [4.78, 5) is 28.3. The number of anilines is 1. The van der Waals surface area contributed by atoms with Crippen molar-refractivity contribution >= 4 is 50.5 Å². The van der Waals surface area contributed by atoms with Gasteiger partial charge in [-0.15, -0.1) is 11.3 Å². The van der Waals surface area contributed by atoms with Crippen LogP contribution in [0.2, 0.25) is 5.02 Å². The first-order valence-electron chi connectivity index (χ1n) is 8.63. The molecule has 2 aromatic carbocycles. The molecule has 0 aliphatic carbocycles. The number of ether oxygens (including phenoxy) is 1. The summed E-state index contributed by atoms with van der Waals surface area (Å²) in [6.07, 6.45) is 1.42. The summed E-state index contributed by atoms with van der Waals surface area (Å²) in [5.74, 6) is -0.710. The third-order valence-corrected chi connectivity index (χ3v) is 5.79. The molecule has 4 rings (SSSR count). The van der Waals surface area contributed by atoms with Gasteiger partial charge >= 0.3 is 0 Å².